The third-order valence-corrected chi connectivity index (χ3v) is 7.89. The van der Waals surface area contributed by atoms with Crippen molar-refractivity contribution >= 4 is 59.4 Å². The second-order valence-corrected chi connectivity index (χ2v) is 14.8. The van der Waals surface area contributed by atoms with Crippen LogP contribution in [0.1, 0.15) is 32.0 Å². The van der Waals surface area contributed by atoms with E-state index in [0.29, 0.717) is 22.2 Å². The molecule has 0 saturated heterocycles. The molecule has 0 aliphatic carbocycles. The van der Waals surface area contributed by atoms with Crippen LogP contribution in [0.3, 0.4) is 0 Å². The van der Waals surface area contributed by atoms with E-state index in [-0.39, 0.29) is 39.8 Å². The van der Waals surface area contributed by atoms with Crippen LogP contribution in [0.4, 0.5) is 27.5 Å². The first-order valence-corrected chi connectivity index (χ1v) is 17.0. The van der Waals surface area contributed by atoms with E-state index in [0.717, 1.165) is 18.1 Å². The smallest absolute Gasteiger partial charge is 0.323 e. The van der Waals surface area contributed by atoms with Crippen LogP contribution in [0.15, 0.2) is 53.7 Å². The number of nitrogens with two attached hydrogens (primary N) is 1. The van der Waals surface area contributed by atoms with E-state index in [1.807, 2.05) is 20.8 Å². The molecule has 0 bridgehead atoms. The number of ether oxygens (including phenoxy) is 2. The van der Waals surface area contributed by atoms with Crippen molar-refractivity contribution in [2.75, 3.05) is 40.7 Å². The van der Waals surface area contributed by atoms with Crippen LogP contribution in [0.2, 0.25) is 0 Å². The van der Waals surface area contributed by atoms with Gasteiger partial charge in [-0.25, -0.2) is 26.6 Å². The predicted molar refractivity (Wildman–Crippen MR) is 171 cm³/mol. The van der Waals surface area contributed by atoms with Crippen molar-refractivity contribution in [3.8, 4) is 17.4 Å². The maximum absolute atomic E-state index is 13.3. The summed E-state index contributed by atoms with van der Waals surface area (Å²) in [6.07, 6.45) is 2.01. The zero-order chi connectivity index (χ0) is 32.6. The van der Waals surface area contributed by atoms with E-state index in [2.05, 4.69) is 25.3 Å². The number of nitrogen functional groups attached to an aromatic ring is 1. The molecule has 0 aliphatic heterocycles. The summed E-state index contributed by atoms with van der Waals surface area (Å²) in [6, 6.07) is 13.0. The lowest BCUT2D eigenvalue weighted by Crippen LogP contribution is -2.22. The van der Waals surface area contributed by atoms with Crippen molar-refractivity contribution in [2.24, 2.45) is 0 Å². The summed E-state index contributed by atoms with van der Waals surface area (Å²) in [7, 11) is -6.00. The van der Waals surface area contributed by atoms with Crippen molar-refractivity contribution in [3.05, 3.63) is 59.8 Å². The van der Waals surface area contributed by atoms with Gasteiger partial charge in [-0.3, -0.25) is 4.72 Å². The van der Waals surface area contributed by atoms with Gasteiger partial charge < -0.3 is 25.8 Å². The highest BCUT2D eigenvalue weighted by molar-refractivity contribution is 7.92. The summed E-state index contributed by atoms with van der Waals surface area (Å²) in [5, 5.41) is 6.35. The topological polar surface area (TPSA) is 192 Å². The second-order valence-electron chi connectivity index (χ2n) is 11.1. The zero-order valence-electron chi connectivity index (χ0n) is 25.3. The van der Waals surface area contributed by atoms with Gasteiger partial charge in [0.05, 0.1) is 36.1 Å². The van der Waals surface area contributed by atoms with E-state index in [1.165, 1.54) is 7.11 Å². The normalized spacial score (nSPS) is 12.1. The molecule has 15 heteroatoms. The first-order valence-electron chi connectivity index (χ1n) is 13.2. The van der Waals surface area contributed by atoms with Gasteiger partial charge in [0.25, 0.3) is 0 Å². The summed E-state index contributed by atoms with van der Waals surface area (Å²) in [6.45, 7) is 7.42. The van der Waals surface area contributed by atoms with E-state index in [1.54, 1.807) is 55.5 Å². The van der Waals surface area contributed by atoms with Crippen LogP contribution in [-0.2, 0) is 25.3 Å². The molecular weight excluding hydrogens is 608 g/mol. The number of carbonyl (C=O) groups is 1. The molecule has 44 heavy (non-hydrogen) atoms. The Morgan fingerprint density at radius 2 is 1.50 bits per heavy atom. The Hall–Kier alpha value is -4.63. The number of urea groups is 1. The van der Waals surface area contributed by atoms with Gasteiger partial charge in [-0.05, 0) is 42.2 Å². The highest BCUT2D eigenvalue weighted by Gasteiger charge is 2.23. The summed E-state index contributed by atoms with van der Waals surface area (Å²) >= 11 is 0. The number of benzene rings is 3. The maximum Gasteiger partial charge on any atom is 0.323 e. The van der Waals surface area contributed by atoms with Crippen LogP contribution < -0.4 is 30.6 Å². The Morgan fingerprint density at radius 1 is 0.886 bits per heavy atom. The number of anilines is 4. The van der Waals surface area contributed by atoms with E-state index in [4.69, 9.17) is 15.2 Å². The molecule has 5 N–H and O–H groups in total. The first kappa shape index (κ1) is 32.3. The molecule has 0 atom stereocenters. The molecule has 3 aromatic carbocycles. The van der Waals surface area contributed by atoms with Gasteiger partial charge in [0.2, 0.25) is 30.9 Å². The quantitative estimate of drug-likeness (QED) is 0.189. The Morgan fingerprint density at radius 3 is 2.09 bits per heavy atom. The fraction of sp³-hybridized carbons (Fsp3) is 0.276. The van der Waals surface area contributed by atoms with Gasteiger partial charge in [0, 0.05) is 17.0 Å². The number of methoxy groups -OCH3 is 1. The minimum absolute atomic E-state index is 0.0826. The number of sulfone groups is 1. The monoisotopic (exact) mass is 642 g/mol. The fourth-order valence-electron chi connectivity index (χ4n) is 4.27. The molecule has 0 unspecified atom stereocenters. The summed E-state index contributed by atoms with van der Waals surface area (Å²) < 4.78 is 62.2. The summed E-state index contributed by atoms with van der Waals surface area (Å²) in [4.78, 5) is 21.3. The van der Waals surface area contributed by atoms with Gasteiger partial charge in [-0.2, -0.15) is 4.98 Å². The number of nitrogens with zero attached hydrogens (tertiary/aromatic N) is 2. The van der Waals surface area contributed by atoms with Gasteiger partial charge in [-0.1, -0.05) is 45.0 Å². The predicted octanol–water partition coefficient (Wildman–Crippen LogP) is 5.04. The van der Waals surface area contributed by atoms with Crippen LogP contribution in [0.5, 0.6) is 17.4 Å². The van der Waals surface area contributed by atoms with E-state index in [9.17, 15) is 21.6 Å². The molecule has 1 aromatic heterocycles. The van der Waals surface area contributed by atoms with Crippen LogP contribution >= 0.6 is 0 Å². The SMILES string of the molecule is COc1c(NC(=O)Nc2ccc(Oc3nc(S(C)(=O)=O)nc(C)c3N)c3ccccc23)cc(C(C)(C)C)cc1NS(C)(=O)=O. The number of hydrogen-bond acceptors (Lipinski definition) is 10. The second kappa shape index (κ2) is 11.8. The van der Waals surface area contributed by atoms with Crippen LogP contribution in [-0.4, -0.2) is 52.5 Å². The van der Waals surface area contributed by atoms with Crippen molar-refractivity contribution in [2.45, 2.75) is 38.3 Å². The summed E-state index contributed by atoms with van der Waals surface area (Å²) in [5.41, 5.74) is 7.67. The standard InChI is InChI=1S/C29H34N6O7S2/c1-16-24(30)26(34-28(31-16)43(6,37)38)42-23-13-12-20(18-10-8-9-11-19(18)23)32-27(36)33-21-14-17(29(2,3)4)15-22(25(21)41-5)35-44(7,39)40/h8-15,35H,30H2,1-7H3,(H2,32,33,36). The molecule has 0 spiro atoms. The van der Waals surface area contributed by atoms with Crippen molar-refractivity contribution in [1.29, 1.82) is 0 Å². The number of fused-ring (bicyclic) bond motifs is 1. The van der Waals surface area contributed by atoms with Gasteiger partial charge >= 0.3 is 6.03 Å². The molecular formula is C29H34N6O7S2. The first-order chi connectivity index (χ1) is 20.4. The lowest BCUT2D eigenvalue weighted by molar-refractivity contribution is 0.262. The number of amides is 2. The molecule has 1 heterocycles. The molecule has 0 saturated carbocycles. The zero-order valence-corrected chi connectivity index (χ0v) is 26.9. The highest BCUT2D eigenvalue weighted by Crippen LogP contribution is 2.40. The van der Waals surface area contributed by atoms with Crippen LogP contribution in [0, 0.1) is 6.92 Å². The molecule has 13 nitrogen and oxygen atoms in total. The lowest BCUT2D eigenvalue weighted by Gasteiger charge is -2.24. The molecule has 0 fully saturated rings. The number of rotatable bonds is 8. The molecule has 0 radical (unpaired) electrons. The Balaban J connectivity index is 1.70. The Labute approximate surface area is 256 Å². The molecule has 0 aliphatic rings. The third-order valence-electron chi connectivity index (χ3n) is 6.45. The minimum Gasteiger partial charge on any atom is -0.492 e. The molecule has 4 aromatic rings. The number of sulfonamides is 1. The van der Waals surface area contributed by atoms with E-state index >= 15 is 0 Å². The Kier molecular flexibility index (Phi) is 8.66. The lowest BCUT2D eigenvalue weighted by atomic mass is 9.86. The number of carbonyl (C=O) groups excluding carboxylic acids is 1. The van der Waals surface area contributed by atoms with Crippen molar-refractivity contribution in [1.82, 2.24) is 9.97 Å². The molecule has 2 amide bonds. The molecule has 4 rings (SSSR count). The van der Waals surface area contributed by atoms with Crippen LogP contribution in [0.25, 0.3) is 10.8 Å². The molecule has 234 valence electrons. The van der Waals surface area contributed by atoms with Gasteiger partial charge in [-0.15, -0.1) is 0 Å². The fourth-order valence-corrected chi connectivity index (χ4v) is 5.38. The number of aromatic nitrogens is 2. The van der Waals surface area contributed by atoms with Gasteiger partial charge in [0.1, 0.15) is 11.4 Å². The third kappa shape index (κ3) is 7.29. The van der Waals surface area contributed by atoms with Gasteiger partial charge in [0.15, 0.2) is 5.75 Å². The summed E-state index contributed by atoms with van der Waals surface area (Å²) in [5.74, 6) is 0.330. The number of hydrogen-bond donors (Lipinski definition) is 4. The van der Waals surface area contributed by atoms with Crippen molar-refractivity contribution in [3.63, 3.8) is 0 Å². The average molecular weight is 643 g/mol. The average Bonchev–Trinajstić information content (AvgIpc) is 2.90. The largest absolute Gasteiger partial charge is 0.492 e. The minimum atomic E-state index is -3.73. The number of nitrogens with one attached hydrogen (secondary N) is 3. The highest BCUT2D eigenvalue weighted by atomic mass is 32.2. The maximum atomic E-state index is 13.3. The number of aryl methyl sites for hydroxylation is 1. The Bertz CT molecular complexity index is 1990. The van der Waals surface area contributed by atoms with E-state index < -0.39 is 31.0 Å². The van der Waals surface area contributed by atoms with Crippen molar-refractivity contribution < 1.29 is 31.1 Å².